The van der Waals surface area contributed by atoms with E-state index in [1.165, 1.54) is 37.7 Å². The highest BCUT2D eigenvalue weighted by molar-refractivity contribution is 5.99. The van der Waals surface area contributed by atoms with Gasteiger partial charge in [-0.15, -0.1) is 0 Å². The van der Waals surface area contributed by atoms with Crippen molar-refractivity contribution in [2.45, 2.75) is 65.0 Å². The predicted molar refractivity (Wildman–Crippen MR) is 88.8 cm³/mol. The minimum atomic E-state index is -0.0316. The Hall–Kier alpha value is -1.15. The van der Waals surface area contributed by atoms with Gasteiger partial charge in [0.25, 0.3) is 0 Å². The van der Waals surface area contributed by atoms with Crippen LogP contribution in [0.3, 0.4) is 0 Å². The number of nitrogens with zero attached hydrogens (tertiary/aromatic N) is 1. The SMILES string of the molecule is CCC1CCC(N(C)C(C)C(=O)c2ccc(C)cc2)CC1. The van der Waals surface area contributed by atoms with E-state index < -0.39 is 0 Å². The Bertz CT molecular complexity index is 457. The fraction of sp³-hybridized carbons (Fsp3) is 0.632. The van der Waals surface area contributed by atoms with Gasteiger partial charge in [-0.1, -0.05) is 43.2 Å². The van der Waals surface area contributed by atoms with Crippen LogP contribution in [0.25, 0.3) is 0 Å². The number of hydrogen-bond donors (Lipinski definition) is 0. The van der Waals surface area contributed by atoms with E-state index in [-0.39, 0.29) is 11.8 Å². The molecule has 2 rings (SSSR count). The summed E-state index contributed by atoms with van der Waals surface area (Å²) in [4.78, 5) is 14.9. The lowest BCUT2D eigenvalue weighted by molar-refractivity contribution is 0.0752. The Morgan fingerprint density at radius 2 is 1.76 bits per heavy atom. The van der Waals surface area contributed by atoms with Crippen molar-refractivity contribution in [3.05, 3.63) is 35.4 Å². The Balaban J connectivity index is 1.97. The summed E-state index contributed by atoms with van der Waals surface area (Å²) in [6, 6.07) is 8.48. The number of rotatable bonds is 5. The molecule has 1 fully saturated rings. The fourth-order valence-electron chi connectivity index (χ4n) is 3.42. The summed E-state index contributed by atoms with van der Waals surface area (Å²) in [6.45, 7) is 6.39. The number of hydrogen-bond acceptors (Lipinski definition) is 2. The van der Waals surface area contributed by atoms with Crippen molar-refractivity contribution >= 4 is 5.78 Å². The molecule has 1 aliphatic carbocycles. The molecule has 21 heavy (non-hydrogen) atoms. The summed E-state index contributed by atoms with van der Waals surface area (Å²) in [5.74, 6) is 1.15. The van der Waals surface area contributed by atoms with E-state index in [1.807, 2.05) is 31.2 Å². The lowest BCUT2D eigenvalue weighted by atomic mass is 9.83. The molecular weight excluding hydrogens is 258 g/mol. The first-order valence-corrected chi connectivity index (χ1v) is 8.35. The largest absolute Gasteiger partial charge is 0.294 e. The fourth-order valence-corrected chi connectivity index (χ4v) is 3.42. The van der Waals surface area contributed by atoms with Gasteiger partial charge in [-0.2, -0.15) is 0 Å². The topological polar surface area (TPSA) is 20.3 Å². The molecule has 2 nitrogen and oxygen atoms in total. The molecule has 0 spiro atoms. The maximum atomic E-state index is 12.6. The van der Waals surface area contributed by atoms with Crippen molar-refractivity contribution in [3.8, 4) is 0 Å². The molecule has 1 aliphatic rings. The van der Waals surface area contributed by atoms with E-state index in [4.69, 9.17) is 0 Å². The predicted octanol–water partition coefficient (Wildman–Crippen LogP) is 4.47. The van der Waals surface area contributed by atoms with Crippen LogP contribution in [0.1, 0.15) is 61.9 Å². The lowest BCUT2D eigenvalue weighted by Crippen LogP contribution is -2.44. The Morgan fingerprint density at radius 1 is 1.19 bits per heavy atom. The molecule has 1 unspecified atom stereocenters. The first kappa shape index (κ1) is 16.2. The van der Waals surface area contributed by atoms with Crippen LogP contribution < -0.4 is 0 Å². The van der Waals surface area contributed by atoms with Crippen LogP contribution in [0.4, 0.5) is 0 Å². The van der Waals surface area contributed by atoms with Gasteiger partial charge in [0.15, 0.2) is 5.78 Å². The van der Waals surface area contributed by atoms with Crippen LogP contribution in [0.5, 0.6) is 0 Å². The maximum absolute atomic E-state index is 12.6. The molecule has 1 aromatic rings. The number of ketones is 1. The van der Waals surface area contributed by atoms with Crippen molar-refractivity contribution in [2.75, 3.05) is 7.05 Å². The first-order chi connectivity index (χ1) is 10.0. The van der Waals surface area contributed by atoms with E-state index in [2.05, 4.69) is 25.8 Å². The van der Waals surface area contributed by atoms with Crippen LogP contribution in [-0.4, -0.2) is 29.8 Å². The summed E-state index contributed by atoms with van der Waals surface area (Å²) < 4.78 is 0. The van der Waals surface area contributed by atoms with Gasteiger partial charge in [0.05, 0.1) is 6.04 Å². The molecular formula is C19H29NO. The Labute approximate surface area is 129 Å². The van der Waals surface area contributed by atoms with Gasteiger partial charge in [-0.3, -0.25) is 9.69 Å². The molecule has 0 bridgehead atoms. The molecule has 1 aromatic carbocycles. The van der Waals surface area contributed by atoms with Gasteiger partial charge in [0, 0.05) is 11.6 Å². The van der Waals surface area contributed by atoms with Gasteiger partial charge in [0.2, 0.25) is 0 Å². The average molecular weight is 287 g/mol. The molecule has 0 amide bonds. The molecule has 116 valence electrons. The monoisotopic (exact) mass is 287 g/mol. The molecule has 2 heteroatoms. The summed E-state index contributed by atoms with van der Waals surface area (Å²) in [6.07, 6.45) is 6.41. The summed E-state index contributed by atoms with van der Waals surface area (Å²) in [5, 5.41) is 0. The van der Waals surface area contributed by atoms with Gasteiger partial charge in [-0.05, 0) is 52.5 Å². The summed E-state index contributed by atoms with van der Waals surface area (Å²) >= 11 is 0. The van der Waals surface area contributed by atoms with E-state index in [0.717, 1.165) is 11.5 Å². The molecule has 0 radical (unpaired) electrons. The minimum Gasteiger partial charge on any atom is -0.294 e. The average Bonchev–Trinajstić information content (AvgIpc) is 2.53. The Morgan fingerprint density at radius 3 is 2.29 bits per heavy atom. The third-order valence-electron chi connectivity index (χ3n) is 5.30. The van der Waals surface area contributed by atoms with Crippen LogP contribution in [0.15, 0.2) is 24.3 Å². The van der Waals surface area contributed by atoms with Crippen molar-refractivity contribution in [1.82, 2.24) is 4.90 Å². The van der Waals surface area contributed by atoms with Crippen molar-refractivity contribution in [1.29, 1.82) is 0 Å². The van der Waals surface area contributed by atoms with Crippen LogP contribution in [0, 0.1) is 12.8 Å². The normalized spacial score (nSPS) is 24.0. The van der Waals surface area contributed by atoms with Crippen molar-refractivity contribution < 1.29 is 4.79 Å². The van der Waals surface area contributed by atoms with Gasteiger partial charge in [-0.25, -0.2) is 0 Å². The van der Waals surface area contributed by atoms with Crippen molar-refractivity contribution in [2.24, 2.45) is 5.92 Å². The molecule has 0 aromatic heterocycles. The third-order valence-corrected chi connectivity index (χ3v) is 5.30. The standard InChI is InChI=1S/C19H29NO/c1-5-16-8-12-18(13-9-16)20(4)15(3)19(21)17-10-6-14(2)7-11-17/h6-7,10-11,15-16,18H,5,8-9,12-13H2,1-4H3. The van der Waals surface area contributed by atoms with E-state index in [1.54, 1.807) is 0 Å². The molecule has 1 atom stereocenters. The quantitative estimate of drug-likeness (QED) is 0.745. The minimum absolute atomic E-state index is 0.0316. The Kier molecular flexibility index (Phi) is 5.58. The number of likely N-dealkylation sites (N-methyl/N-ethyl adjacent to an activating group) is 1. The molecule has 0 heterocycles. The second kappa shape index (κ2) is 7.22. The highest BCUT2D eigenvalue weighted by atomic mass is 16.1. The molecule has 0 N–H and O–H groups in total. The smallest absolute Gasteiger partial charge is 0.179 e. The first-order valence-electron chi connectivity index (χ1n) is 8.35. The van der Waals surface area contributed by atoms with Crippen LogP contribution in [-0.2, 0) is 0 Å². The molecule has 0 saturated heterocycles. The van der Waals surface area contributed by atoms with Gasteiger partial charge in [0.1, 0.15) is 0 Å². The zero-order valence-electron chi connectivity index (χ0n) is 13.9. The summed E-state index contributed by atoms with van der Waals surface area (Å²) in [7, 11) is 2.12. The second-order valence-electron chi connectivity index (χ2n) is 6.65. The van der Waals surface area contributed by atoms with E-state index in [0.29, 0.717) is 6.04 Å². The van der Waals surface area contributed by atoms with Crippen LogP contribution >= 0.6 is 0 Å². The lowest BCUT2D eigenvalue weighted by Gasteiger charge is -2.37. The molecule has 0 aliphatic heterocycles. The third kappa shape index (κ3) is 3.94. The number of aryl methyl sites for hydroxylation is 1. The number of benzene rings is 1. The molecule has 1 saturated carbocycles. The number of carbonyl (C=O) groups excluding carboxylic acids is 1. The zero-order valence-corrected chi connectivity index (χ0v) is 13.9. The van der Waals surface area contributed by atoms with E-state index in [9.17, 15) is 4.79 Å². The highest BCUT2D eigenvalue weighted by Gasteiger charge is 2.28. The summed E-state index contributed by atoms with van der Waals surface area (Å²) in [5.41, 5.74) is 2.03. The number of Topliss-reactive ketones (excluding diaryl/α,β-unsaturated/α-hetero) is 1. The zero-order chi connectivity index (χ0) is 15.4. The number of carbonyl (C=O) groups is 1. The van der Waals surface area contributed by atoms with Crippen molar-refractivity contribution in [3.63, 3.8) is 0 Å². The van der Waals surface area contributed by atoms with Gasteiger partial charge >= 0.3 is 0 Å². The van der Waals surface area contributed by atoms with Gasteiger partial charge < -0.3 is 0 Å². The van der Waals surface area contributed by atoms with E-state index >= 15 is 0 Å². The second-order valence-corrected chi connectivity index (χ2v) is 6.65. The van der Waals surface area contributed by atoms with Crippen LogP contribution in [0.2, 0.25) is 0 Å². The highest BCUT2D eigenvalue weighted by Crippen LogP contribution is 2.30. The maximum Gasteiger partial charge on any atom is 0.179 e.